The van der Waals surface area contributed by atoms with Crippen molar-refractivity contribution in [2.45, 2.75) is 0 Å². The van der Waals surface area contributed by atoms with Crippen molar-refractivity contribution in [3.63, 3.8) is 0 Å². The van der Waals surface area contributed by atoms with Gasteiger partial charge in [-0.15, -0.1) is 6.42 Å². The molecule has 1 rings (SSSR count). The van der Waals surface area contributed by atoms with Crippen LogP contribution >= 0.6 is 0 Å². The SMILES string of the molecule is C#CCNc1c(F)c(F)c(F)c(F)c1F. The summed E-state index contributed by atoms with van der Waals surface area (Å²) in [6, 6.07) is 0. The van der Waals surface area contributed by atoms with E-state index in [9.17, 15) is 22.0 Å². The molecule has 0 amide bonds. The first-order valence-corrected chi connectivity index (χ1v) is 3.69. The Labute approximate surface area is 81.9 Å². The second-order valence-corrected chi connectivity index (χ2v) is 2.50. The average Bonchev–Trinajstić information content (AvgIpc) is 2.24. The lowest BCUT2D eigenvalue weighted by molar-refractivity contribution is 0.381. The number of anilines is 1. The molecule has 1 nitrogen and oxygen atoms in total. The lowest BCUT2D eigenvalue weighted by atomic mass is 10.2. The molecule has 0 bridgehead atoms. The Bertz CT molecular complexity index is 406. The van der Waals surface area contributed by atoms with Gasteiger partial charge in [0.2, 0.25) is 5.82 Å². The van der Waals surface area contributed by atoms with Crippen molar-refractivity contribution in [2.75, 3.05) is 11.9 Å². The third-order valence-corrected chi connectivity index (χ3v) is 1.58. The Morgan fingerprint density at radius 1 is 0.867 bits per heavy atom. The highest BCUT2D eigenvalue weighted by Gasteiger charge is 2.25. The summed E-state index contributed by atoms with van der Waals surface area (Å²) in [7, 11) is 0. The minimum Gasteiger partial charge on any atom is -0.369 e. The van der Waals surface area contributed by atoms with Gasteiger partial charge in [-0.3, -0.25) is 0 Å². The third kappa shape index (κ3) is 1.86. The van der Waals surface area contributed by atoms with Gasteiger partial charge in [0.25, 0.3) is 0 Å². The summed E-state index contributed by atoms with van der Waals surface area (Å²) in [5.74, 6) is -8.13. The molecule has 1 N–H and O–H groups in total. The van der Waals surface area contributed by atoms with Crippen molar-refractivity contribution in [3.8, 4) is 12.3 Å². The quantitative estimate of drug-likeness (QED) is 0.350. The predicted molar refractivity (Wildman–Crippen MR) is 43.6 cm³/mol. The van der Waals surface area contributed by atoms with Gasteiger partial charge in [0.05, 0.1) is 6.54 Å². The topological polar surface area (TPSA) is 12.0 Å². The summed E-state index contributed by atoms with van der Waals surface area (Å²) in [6.45, 7) is -0.349. The third-order valence-electron chi connectivity index (χ3n) is 1.58. The normalized spacial score (nSPS) is 9.87. The second kappa shape index (κ2) is 4.17. The van der Waals surface area contributed by atoms with Gasteiger partial charge in [-0.2, -0.15) is 0 Å². The predicted octanol–water partition coefficient (Wildman–Crippen LogP) is 2.43. The molecule has 15 heavy (non-hydrogen) atoms. The highest BCUT2D eigenvalue weighted by Crippen LogP contribution is 2.26. The van der Waals surface area contributed by atoms with Crippen LogP contribution in [0.4, 0.5) is 27.6 Å². The van der Waals surface area contributed by atoms with E-state index in [1.54, 1.807) is 0 Å². The molecule has 0 aliphatic rings. The zero-order chi connectivity index (χ0) is 11.6. The first-order chi connectivity index (χ1) is 7.00. The molecule has 0 atom stereocenters. The van der Waals surface area contributed by atoms with E-state index < -0.39 is 34.8 Å². The smallest absolute Gasteiger partial charge is 0.200 e. The van der Waals surface area contributed by atoms with Gasteiger partial charge in [-0.1, -0.05) is 5.92 Å². The number of terminal acetylenes is 1. The van der Waals surface area contributed by atoms with Crippen molar-refractivity contribution in [3.05, 3.63) is 29.1 Å². The Hall–Kier alpha value is -1.77. The summed E-state index contributed by atoms with van der Waals surface area (Å²) in [6.07, 6.45) is 4.76. The molecule has 0 unspecified atom stereocenters. The van der Waals surface area contributed by atoms with Gasteiger partial charge >= 0.3 is 0 Å². The van der Waals surface area contributed by atoms with Gasteiger partial charge in [0, 0.05) is 0 Å². The molecule has 0 fully saturated rings. The average molecular weight is 221 g/mol. The van der Waals surface area contributed by atoms with Crippen LogP contribution in [0, 0.1) is 41.4 Å². The van der Waals surface area contributed by atoms with Crippen LogP contribution < -0.4 is 5.32 Å². The lowest BCUT2D eigenvalue weighted by Gasteiger charge is -2.08. The number of halogens is 5. The summed E-state index contributed by atoms with van der Waals surface area (Å²) >= 11 is 0. The summed E-state index contributed by atoms with van der Waals surface area (Å²) in [5.41, 5.74) is -1.12. The maximum Gasteiger partial charge on any atom is 0.200 e. The molecular formula is C9H4F5N. The number of hydrogen-bond acceptors (Lipinski definition) is 1. The zero-order valence-corrected chi connectivity index (χ0v) is 7.17. The molecule has 1 aromatic rings. The first-order valence-electron chi connectivity index (χ1n) is 3.69. The maximum absolute atomic E-state index is 12.9. The standard InChI is InChI=1S/C9H4F5N/c1-2-3-15-9-7(13)5(11)4(10)6(12)8(9)14/h1,15H,3H2. The van der Waals surface area contributed by atoms with Crippen LogP contribution in [0.15, 0.2) is 0 Å². The molecule has 0 saturated carbocycles. The van der Waals surface area contributed by atoms with E-state index in [4.69, 9.17) is 6.42 Å². The molecule has 0 spiro atoms. The summed E-state index contributed by atoms with van der Waals surface area (Å²) < 4.78 is 63.4. The highest BCUT2D eigenvalue weighted by molar-refractivity contribution is 5.48. The molecule has 0 heterocycles. The van der Waals surface area contributed by atoms with E-state index in [1.807, 2.05) is 11.2 Å². The zero-order valence-electron chi connectivity index (χ0n) is 7.17. The van der Waals surface area contributed by atoms with Crippen molar-refractivity contribution < 1.29 is 22.0 Å². The van der Waals surface area contributed by atoms with Gasteiger partial charge in [0.1, 0.15) is 5.69 Å². The van der Waals surface area contributed by atoms with E-state index in [0.29, 0.717) is 0 Å². The monoisotopic (exact) mass is 221 g/mol. The van der Waals surface area contributed by atoms with Crippen LogP contribution in [-0.2, 0) is 0 Å². The van der Waals surface area contributed by atoms with Crippen molar-refractivity contribution in [2.24, 2.45) is 0 Å². The first kappa shape index (κ1) is 11.3. The molecule has 6 heteroatoms. The van der Waals surface area contributed by atoms with E-state index in [0.717, 1.165) is 0 Å². The largest absolute Gasteiger partial charge is 0.369 e. The second-order valence-electron chi connectivity index (χ2n) is 2.50. The van der Waals surface area contributed by atoms with Crippen LogP contribution in [-0.4, -0.2) is 6.54 Å². The Balaban J connectivity index is 3.33. The van der Waals surface area contributed by atoms with Crippen molar-refractivity contribution in [1.29, 1.82) is 0 Å². The van der Waals surface area contributed by atoms with Crippen LogP contribution in [0.3, 0.4) is 0 Å². The van der Waals surface area contributed by atoms with E-state index in [1.165, 1.54) is 0 Å². The molecule has 80 valence electrons. The molecule has 0 radical (unpaired) electrons. The van der Waals surface area contributed by atoms with Crippen LogP contribution in [0.25, 0.3) is 0 Å². The van der Waals surface area contributed by atoms with E-state index >= 15 is 0 Å². The van der Waals surface area contributed by atoms with Crippen molar-refractivity contribution >= 4 is 5.69 Å². The summed E-state index contributed by atoms with van der Waals surface area (Å²) in [5, 5.41) is 1.91. The van der Waals surface area contributed by atoms with Gasteiger partial charge in [-0.25, -0.2) is 22.0 Å². The number of hydrogen-bond donors (Lipinski definition) is 1. The van der Waals surface area contributed by atoms with Crippen molar-refractivity contribution in [1.82, 2.24) is 0 Å². The number of rotatable bonds is 2. The Kier molecular flexibility index (Phi) is 3.14. The fourth-order valence-electron chi connectivity index (χ4n) is 0.900. The number of benzene rings is 1. The molecule has 0 aromatic heterocycles. The summed E-state index contributed by atoms with van der Waals surface area (Å²) in [4.78, 5) is 0. The molecule has 0 aliphatic heterocycles. The molecule has 1 aromatic carbocycles. The molecule has 0 aliphatic carbocycles. The number of nitrogens with one attached hydrogen (secondary N) is 1. The van der Waals surface area contributed by atoms with E-state index in [2.05, 4.69) is 0 Å². The Morgan fingerprint density at radius 2 is 1.27 bits per heavy atom. The van der Waals surface area contributed by atoms with E-state index in [-0.39, 0.29) is 6.54 Å². The maximum atomic E-state index is 12.9. The molecular weight excluding hydrogens is 217 g/mol. The van der Waals surface area contributed by atoms with Gasteiger partial charge < -0.3 is 5.32 Å². The Morgan fingerprint density at radius 3 is 1.67 bits per heavy atom. The van der Waals surface area contributed by atoms with Crippen LogP contribution in [0.1, 0.15) is 0 Å². The van der Waals surface area contributed by atoms with Crippen LogP contribution in [0.2, 0.25) is 0 Å². The minimum absolute atomic E-state index is 0.349. The van der Waals surface area contributed by atoms with Crippen LogP contribution in [0.5, 0.6) is 0 Å². The molecule has 0 saturated heterocycles. The highest BCUT2D eigenvalue weighted by atomic mass is 19.2. The van der Waals surface area contributed by atoms with Gasteiger partial charge in [-0.05, 0) is 0 Å². The fourth-order valence-corrected chi connectivity index (χ4v) is 0.900. The lowest BCUT2D eigenvalue weighted by Crippen LogP contribution is -2.09. The fraction of sp³-hybridized carbons (Fsp3) is 0.111. The van der Waals surface area contributed by atoms with Gasteiger partial charge in [0.15, 0.2) is 23.3 Å². The minimum atomic E-state index is -2.20.